The molecular weight excluding hydrogens is 358 g/mol. The molecule has 6 heteroatoms. The Morgan fingerprint density at radius 2 is 1.93 bits per heavy atom. The first-order chi connectivity index (χ1) is 13.0. The second kappa shape index (κ2) is 7.27. The van der Waals surface area contributed by atoms with Crippen LogP contribution in [0, 0.1) is 13.8 Å². The third kappa shape index (κ3) is 3.41. The molecule has 2 heterocycles. The standard InChI is InChI=1S/C21H23N3O2S/c1-13-7-9-15(10-8-13)11-22-20(25)17-14(2)27-19-18(17)23-12-24(21(19)26)16-5-3-4-6-16/h7-10,12,16H,3-6,11H2,1-2H3,(H,22,25). The van der Waals surface area contributed by atoms with E-state index in [4.69, 9.17) is 0 Å². The van der Waals surface area contributed by atoms with E-state index in [2.05, 4.69) is 10.3 Å². The van der Waals surface area contributed by atoms with Crippen molar-refractivity contribution in [3.63, 3.8) is 0 Å². The predicted octanol–water partition coefficient (Wildman–Crippen LogP) is 4.12. The number of thiophene rings is 1. The number of carbonyl (C=O) groups excluding carboxylic acids is 1. The van der Waals surface area contributed by atoms with Gasteiger partial charge in [0.05, 0.1) is 11.9 Å². The Labute approximate surface area is 162 Å². The third-order valence-electron chi connectivity index (χ3n) is 5.32. The molecule has 4 rings (SSSR count). The lowest BCUT2D eigenvalue weighted by molar-refractivity contribution is 0.0952. The van der Waals surface area contributed by atoms with Gasteiger partial charge in [-0.15, -0.1) is 11.3 Å². The number of hydrogen-bond donors (Lipinski definition) is 1. The molecule has 1 N–H and O–H groups in total. The summed E-state index contributed by atoms with van der Waals surface area (Å²) in [6.45, 7) is 4.37. The zero-order chi connectivity index (χ0) is 19.0. The van der Waals surface area contributed by atoms with Gasteiger partial charge in [0, 0.05) is 17.5 Å². The van der Waals surface area contributed by atoms with Crippen molar-refractivity contribution in [1.82, 2.24) is 14.9 Å². The van der Waals surface area contributed by atoms with Gasteiger partial charge in [-0.2, -0.15) is 0 Å². The summed E-state index contributed by atoms with van der Waals surface area (Å²) in [6, 6.07) is 8.31. The van der Waals surface area contributed by atoms with Crippen molar-refractivity contribution in [2.45, 2.75) is 52.1 Å². The van der Waals surface area contributed by atoms with Crippen LogP contribution in [0.25, 0.3) is 10.2 Å². The molecule has 27 heavy (non-hydrogen) atoms. The third-order valence-corrected chi connectivity index (χ3v) is 6.40. The van der Waals surface area contributed by atoms with Crippen LogP contribution < -0.4 is 10.9 Å². The molecule has 0 atom stereocenters. The van der Waals surface area contributed by atoms with E-state index in [9.17, 15) is 9.59 Å². The zero-order valence-corrected chi connectivity index (χ0v) is 16.4. The highest BCUT2D eigenvalue weighted by atomic mass is 32.1. The van der Waals surface area contributed by atoms with Crippen molar-refractivity contribution in [2.24, 2.45) is 0 Å². The quantitative estimate of drug-likeness (QED) is 0.739. The van der Waals surface area contributed by atoms with Gasteiger partial charge in [-0.1, -0.05) is 42.7 Å². The summed E-state index contributed by atoms with van der Waals surface area (Å²) in [6.07, 6.45) is 6.00. The lowest BCUT2D eigenvalue weighted by Crippen LogP contribution is -2.25. The molecule has 1 aliphatic rings. The van der Waals surface area contributed by atoms with E-state index < -0.39 is 0 Å². The Bertz CT molecular complexity index is 1040. The second-order valence-corrected chi connectivity index (χ2v) is 8.50. The first kappa shape index (κ1) is 17.9. The summed E-state index contributed by atoms with van der Waals surface area (Å²) in [4.78, 5) is 31.0. The summed E-state index contributed by atoms with van der Waals surface area (Å²) in [7, 11) is 0. The fourth-order valence-corrected chi connectivity index (χ4v) is 4.82. The lowest BCUT2D eigenvalue weighted by atomic mass is 10.1. The molecule has 1 aromatic carbocycles. The van der Waals surface area contributed by atoms with Gasteiger partial charge in [-0.3, -0.25) is 14.2 Å². The molecule has 3 aromatic rings. The van der Waals surface area contributed by atoms with Crippen molar-refractivity contribution >= 4 is 27.5 Å². The fraction of sp³-hybridized carbons (Fsp3) is 0.381. The number of rotatable bonds is 4. The zero-order valence-electron chi connectivity index (χ0n) is 15.6. The van der Waals surface area contributed by atoms with E-state index in [1.54, 1.807) is 10.9 Å². The molecule has 1 amide bonds. The van der Waals surface area contributed by atoms with Crippen LogP contribution in [0.4, 0.5) is 0 Å². The second-order valence-electron chi connectivity index (χ2n) is 7.27. The van der Waals surface area contributed by atoms with Crippen LogP contribution in [0.15, 0.2) is 35.4 Å². The molecule has 0 bridgehead atoms. The molecule has 0 saturated heterocycles. The Hall–Kier alpha value is -2.47. The van der Waals surface area contributed by atoms with E-state index in [1.165, 1.54) is 16.9 Å². The largest absolute Gasteiger partial charge is 0.348 e. The highest BCUT2D eigenvalue weighted by Gasteiger charge is 2.23. The number of aryl methyl sites for hydroxylation is 2. The van der Waals surface area contributed by atoms with Crippen LogP contribution in [0.1, 0.15) is 58.1 Å². The molecule has 140 valence electrons. The Kier molecular flexibility index (Phi) is 4.83. The van der Waals surface area contributed by atoms with Crippen molar-refractivity contribution in [3.8, 4) is 0 Å². The first-order valence-corrected chi connectivity index (χ1v) is 10.2. The van der Waals surface area contributed by atoms with Crippen LogP contribution in [0.3, 0.4) is 0 Å². The number of fused-ring (bicyclic) bond motifs is 1. The summed E-state index contributed by atoms with van der Waals surface area (Å²) < 4.78 is 2.35. The lowest BCUT2D eigenvalue weighted by Gasteiger charge is -2.12. The molecule has 1 fully saturated rings. The minimum Gasteiger partial charge on any atom is -0.348 e. The maximum atomic E-state index is 12.9. The smallest absolute Gasteiger partial charge is 0.271 e. The maximum absolute atomic E-state index is 12.9. The number of benzene rings is 1. The van der Waals surface area contributed by atoms with Gasteiger partial charge in [0.2, 0.25) is 0 Å². The highest BCUT2D eigenvalue weighted by Crippen LogP contribution is 2.31. The number of nitrogens with one attached hydrogen (secondary N) is 1. The Balaban J connectivity index is 1.62. The summed E-state index contributed by atoms with van der Waals surface area (Å²) in [5.41, 5.74) is 3.27. The van der Waals surface area contributed by atoms with E-state index >= 15 is 0 Å². The van der Waals surface area contributed by atoms with E-state index in [0.29, 0.717) is 22.3 Å². The van der Waals surface area contributed by atoms with Crippen LogP contribution in [0.2, 0.25) is 0 Å². The molecule has 0 unspecified atom stereocenters. The molecule has 1 aliphatic carbocycles. The van der Waals surface area contributed by atoms with Gasteiger partial charge in [0.1, 0.15) is 10.2 Å². The first-order valence-electron chi connectivity index (χ1n) is 9.38. The van der Waals surface area contributed by atoms with Crippen molar-refractivity contribution in [3.05, 3.63) is 62.5 Å². The highest BCUT2D eigenvalue weighted by molar-refractivity contribution is 7.19. The summed E-state index contributed by atoms with van der Waals surface area (Å²) in [5.74, 6) is -0.176. The van der Waals surface area contributed by atoms with Gasteiger partial charge >= 0.3 is 0 Å². The molecule has 2 aromatic heterocycles. The average Bonchev–Trinajstić information content (AvgIpc) is 3.29. The van der Waals surface area contributed by atoms with Crippen LogP contribution >= 0.6 is 11.3 Å². The number of nitrogens with zero attached hydrogens (tertiary/aromatic N) is 2. The van der Waals surface area contributed by atoms with Crippen LogP contribution in [-0.2, 0) is 6.54 Å². The molecule has 1 saturated carbocycles. The molecule has 0 aliphatic heterocycles. The van der Waals surface area contributed by atoms with E-state index in [1.807, 2.05) is 38.1 Å². The minimum atomic E-state index is -0.176. The van der Waals surface area contributed by atoms with Gasteiger partial charge in [-0.05, 0) is 32.3 Å². The van der Waals surface area contributed by atoms with Gasteiger partial charge < -0.3 is 5.32 Å². The van der Waals surface area contributed by atoms with Crippen molar-refractivity contribution in [2.75, 3.05) is 0 Å². The molecule has 5 nitrogen and oxygen atoms in total. The van der Waals surface area contributed by atoms with Gasteiger partial charge in [-0.25, -0.2) is 4.98 Å². The topological polar surface area (TPSA) is 64.0 Å². The fourth-order valence-electron chi connectivity index (χ4n) is 3.78. The molecular formula is C21H23N3O2S. The number of amides is 1. The van der Waals surface area contributed by atoms with Crippen LogP contribution in [0.5, 0.6) is 0 Å². The monoisotopic (exact) mass is 381 g/mol. The number of hydrogen-bond acceptors (Lipinski definition) is 4. The number of carbonyl (C=O) groups is 1. The van der Waals surface area contributed by atoms with Crippen molar-refractivity contribution < 1.29 is 4.79 Å². The SMILES string of the molecule is Cc1ccc(CNC(=O)c2c(C)sc3c(=O)n(C4CCCC4)cnc23)cc1. The maximum Gasteiger partial charge on any atom is 0.271 e. The van der Waals surface area contributed by atoms with E-state index in [0.717, 1.165) is 36.1 Å². The summed E-state index contributed by atoms with van der Waals surface area (Å²) >= 11 is 1.37. The van der Waals surface area contributed by atoms with Crippen molar-refractivity contribution in [1.29, 1.82) is 0 Å². The van der Waals surface area contributed by atoms with Crippen LogP contribution in [-0.4, -0.2) is 15.5 Å². The Morgan fingerprint density at radius 1 is 1.22 bits per heavy atom. The summed E-state index contributed by atoms with van der Waals surface area (Å²) in [5, 5.41) is 2.96. The predicted molar refractivity (Wildman–Crippen MR) is 108 cm³/mol. The Morgan fingerprint density at radius 3 is 2.63 bits per heavy atom. The van der Waals surface area contributed by atoms with Gasteiger partial charge in [0.15, 0.2) is 0 Å². The van der Waals surface area contributed by atoms with E-state index in [-0.39, 0.29) is 17.5 Å². The number of aromatic nitrogens is 2. The minimum absolute atomic E-state index is 0.0161. The van der Waals surface area contributed by atoms with Gasteiger partial charge in [0.25, 0.3) is 11.5 Å². The molecule has 0 spiro atoms. The molecule has 0 radical (unpaired) electrons. The average molecular weight is 382 g/mol. The normalized spacial score (nSPS) is 14.7.